The third-order valence-electron chi connectivity index (χ3n) is 1.40. The predicted molar refractivity (Wildman–Crippen MR) is 58.1 cm³/mol. The van der Waals surface area contributed by atoms with Crippen molar-refractivity contribution in [2.24, 2.45) is 5.84 Å². The van der Waals surface area contributed by atoms with Gasteiger partial charge in [-0.2, -0.15) is 0 Å². The number of nitrogen functional groups attached to an aromatic ring is 1. The van der Waals surface area contributed by atoms with Gasteiger partial charge in [0.25, 0.3) is 0 Å². The van der Waals surface area contributed by atoms with Crippen LogP contribution in [-0.2, 0) is 0 Å². The van der Waals surface area contributed by atoms with E-state index in [2.05, 4.69) is 28.0 Å². The second kappa shape index (κ2) is 4.51. The molecule has 0 aliphatic carbocycles. The monoisotopic (exact) mass is 278 g/mol. The maximum absolute atomic E-state index is 5.38. The highest BCUT2D eigenvalue weighted by atomic mass is 127. The lowest BCUT2D eigenvalue weighted by atomic mass is 10.3. The number of hydrogen-bond donors (Lipinski definition) is 2. The Morgan fingerprint density at radius 3 is 2.92 bits per heavy atom. The molecule has 0 amide bonds. The molecule has 0 fully saturated rings. The van der Waals surface area contributed by atoms with E-state index < -0.39 is 0 Å². The van der Waals surface area contributed by atoms with E-state index in [1.165, 1.54) is 0 Å². The second-order valence-corrected chi connectivity index (χ2v) is 3.38. The van der Waals surface area contributed by atoms with Gasteiger partial charge in [-0.3, -0.25) is 5.84 Å². The average Bonchev–Trinajstić information content (AvgIpc) is 2.09. The van der Waals surface area contributed by atoms with E-state index >= 15 is 0 Å². The molecule has 0 heterocycles. The molecule has 0 bridgehead atoms. The summed E-state index contributed by atoms with van der Waals surface area (Å²) in [7, 11) is 0. The van der Waals surface area contributed by atoms with E-state index in [4.69, 9.17) is 10.6 Å². The van der Waals surface area contributed by atoms with E-state index in [0.29, 0.717) is 6.61 Å². The van der Waals surface area contributed by atoms with Gasteiger partial charge in [-0.05, 0) is 41.6 Å². The third-order valence-corrected chi connectivity index (χ3v) is 2.29. The van der Waals surface area contributed by atoms with E-state index in [1.54, 1.807) is 0 Å². The normalized spacial score (nSPS) is 9.58. The Bertz CT molecular complexity index is 265. The molecule has 0 aliphatic rings. The van der Waals surface area contributed by atoms with Crippen LogP contribution in [0.4, 0.5) is 5.69 Å². The SMILES string of the molecule is CCOc1cc(NN)ccc1I. The number of halogens is 1. The van der Waals surface area contributed by atoms with Crippen LogP contribution >= 0.6 is 22.6 Å². The molecule has 12 heavy (non-hydrogen) atoms. The summed E-state index contributed by atoms with van der Waals surface area (Å²) in [5, 5.41) is 0. The minimum atomic E-state index is 0.671. The van der Waals surface area contributed by atoms with E-state index in [0.717, 1.165) is 15.0 Å². The van der Waals surface area contributed by atoms with Crippen molar-refractivity contribution in [1.82, 2.24) is 0 Å². The largest absolute Gasteiger partial charge is 0.493 e. The molecule has 0 saturated carbocycles. The quantitative estimate of drug-likeness (QED) is 0.505. The van der Waals surface area contributed by atoms with Crippen molar-refractivity contribution in [2.45, 2.75) is 6.92 Å². The summed E-state index contributed by atoms with van der Waals surface area (Å²) in [6.07, 6.45) is 0. The lowest BCUT2D eigenvalue weighted by molar-refractivity contribution is 0.338. The van der Waals surface area contributed by atoms with Crippen LogP contribution in [0.2, 0.25) is 0 Å². The summed E-state index contributed by atoms with van der Waals surface area (Å²) in [5.74, 6) is 6.13. The fourth-order valence-electron chi connectivity index (χ4n) is 0.859. The van der Waals surface area contributed by atoms with Gasteiger partial charge < -0.3 is 10.2 Å². The number of anilines is 1. The van der Waals surface area contributed by atoms with Crippen molar-refractivity contribution in [2.75, 3.05) is 12.0 Å². The molecule has 3 nitrogen and oxygen atoms in total. The van der Waals surface area contributed by atoms with Gasteiger partial charge in [0.15, 0.2) is 0 Å². The average molecular weight is 278 g/mol. The van der Waals surface area contributed by atoms with Crippen molar-refractivity contribution in [1.29, 1.82) is 0 Å². The number of hydrazine groups is 1. The Kier molecular flexibility index (Phi) is 3.61. The number of hydrogen-bond acceptors (Lipinski definition) is 3. The summed E-state index contributed by atoms with van der Waals surface area (Å²) in [4.78, 5) is 0. The topological polar surface area (TPSA) is 47.3 Å². The Morgan fingerprint density at radius 1 is 1.58 bits per heavy atom. The molecular weight excluding hydrogens is 267 g/mol. The maximum Gasteiger partial charge on any atom is 0.134 e. The van der Waals surface area contributed by atoms with Crippen LogP contribution in [0.25, 0.3) is 0 Å². The standard InChI is InChI=1S/C8H11IN2O/c1-2-12-8-5-6(11-10)3-4-7(8)9/h3-5,11H,2,10H2,1H3. The zero-order valence-electron chi connectivity index (χ0n) is 6.80. The minimum Gasteiger partial charge on any atom is -0.493 e. The first kappa shape index (κ1) is 9.60. The fourth-order valence-corrected chi connectivity index (χ4v) is 1.35. The van der Waals surface area contributed by atoms with E-state index in [-0.39, 0.29) is 0 Å². The molecule has 0 spiro atoms. The fraction of sp³-hybridized carbons (Fsp3) is 0.250. The molecule has 66 valence electrons. The Morgan fingerprint density at radius 2 is 2.33 bits per heavy atom. The predicted octanol–water partition coefficient (Wildman–Crippen LogP) is 1.98. The molecule has 0 aromatic heterocycles. The summed E-state index contributed by atoms with van der Waals surface area (Å²) < 4.78 is 6.47. The molecule has 0 saturated heterocycles. The zero-order valence-corrected chi connectivity index (χ0v) is 8.96. The molecule has 0 atom stereocenters. The van der Waals surface area contributed by atoms with Gasteiger partial charge in [0.05, 0.1) is 15.9 Å². The van der Waals surface area contributed by atoms with Gasteiger partial charge in [0, 0.05) is 6.07 Å². The summed E-state index contributed by atoms with van der Waals surface area (Å²) in [6, 6.07) is 5.75. The van der Waals surface area contributed by atoms with Crippen molar-refractivity contribution >= 4 is 28.3 Å². The van der Waals surface area contributed by atoms with Crippen LogP contribution in [0, 0.1) is 3.57 Å². The van der Waals surface area contributed by atoms with Crippen molar-refractivity contribution < 1.29 is 4.74 Å². The van der Waals surface area contributed by atoms with Gasteiger partial charge in [0.2, 0.25) is 0 Å². The van der Waals surface area contributed by atoms with Gasteiger partial charge in [-0.25, -0.2) is 0 Å². The van der Waals surface area contributed by atoms with Crippen LogP contribution in [-0.4, -0.2) is 6.61 Å². The van der Waals surface area contributed by atoms with Gasteiger partial charge >= 0.3 is 0 Å². The number of nitrogens with one attached hydrogen (secondary N) is 1. The summed E-state index contributed by atoms with van der Waals surface area (Å²) in [5.41, 5.74) is 3.43. The first-order valence-electron chi connectivity index (χ1n) is 3.67. The smallest absolute Gasteiger partial charge is 0.134 e. The van der Waals surface area contributed by atoms with Crippen molar-refractivity contribution in [3.05, 3.63) is 21.8 Å². The van der Waals surface area contributed by atoms with E-state index in [9.17, 15) is 0 Å². The molecule has 1 aromatic rings. The van der Waals surface area contributed by atoms with Crippen LogP contribution in [0.15, 0.2) is 18.2 Å². The van der Waals surface area contributed by atoms with Crippen molar-refractivity contribution in [3.63, 3.8) is 0 Å². The highest BCUT2D eigenvalue weighted by Gasteiger charge is 2.00. The lowest BCUT2D eigenvalue weighted by Crippen LogP contribution is -2.07. The summed E-state index contributed by atoms with van der Waals surface area (Å²) in [6.45, 7) is 2.63. The molecule has 0 radical (unpaired) electrons. The Balaban J connectivity index is 2.91. The minimum absolute atomic E-state index is 0.671. The molecule has 1 rings (SSSR count). The first-order valence-corrected chi connectivity index (χ1v) is 4.74. The molecule has 3 N–H and O–H groups in total. The Labute approximate surface area is 85.4 Å². The molecular formula is C8H11IN2O. The zero-order chi connectivity index (χ0) is 8.97. The molecule has 0 unspecified atom stereocenters. The van der Waals surface area contributed by atoms with Crippen LogP contribution in [0.5, 0.6) is 5.75 Å². The van der Waals surface area contributed by atoms with Crippen LogP contribution in [0.1, 0.15) is 6.92 Å². The van der Waals surface area contributed by atoms with E-state index in [1.807, 2.05) is 25.1 Å². The van der Waals surface area contributed by atoms with Crippen LogP contribution < -0.4 is 16.0 Å². The van der Waals surface area contributed by atoms with Gasteiger partial charge in [-0.15, -0.1) is 0 Å². The maximum atomic E-state index is 5.38. The highest BCUT2D eigenvalue weighted by molar-refractivity contribution is 14.1. The Hall–Kier alpha value is -0.490. The third kappa shape index (κ3) is 2.25. The number of benzene rings is 1. The summed E-state index contributed by atoms with van der Waals surface area (Å²) >= 11 is 2.22. The number of rotatable bonds is 3. The van der Waals surface area contributed by atoms with Crippen LogP contribution in [0.3, 0.4) is 0 Å². The molecule has 0 aliphatic heterocycles. The number of ether oxygens (including phenoxy) is 1. The molecule has 4 heteroatoms. The van der Waals surface area contributed by atoms with Gasteiger partial charge in [-0.1, -0.05) is 0 Å². The first-order chi connectivity index (χ1) is 5.77. The second-order valence-electron chi connectivity index (χ2n) is 2.22. The lowest BCUT2D eigenvalue weighted by Gasteiger charge is -2.07. The highest BCUT2D eigenvalue weighted by Crippen LogP contribution is 2.24. The molecule has 1 aromatic carbocycles. The van der Waals surface area contributed by atoms with Crippen molar-refractivity contribution in [3.8, 4) is 5.75 Å². The van der Waals surface area contributed by atoms with Gasteiger partial charge in [0.1, 0.15) is 5.75 Å². The number of nitrogens with two attached hydrogens (primary N) is 1.